The highest BCUT2D eigenvalue weighted by Crippen LogP contribution is 2.49. The van der Waals surface area contributed by atoms with Gasteiger partial charge >= 0.3 is 0 Å². The van der Waals surface area contributed by atoms with Crippen molar-refractivity contribution in [3.63, 3.8) is 0 Å². The third-order valence-electron chi connectivity index (χ3n) is 6.63. The Morgan fingerprint density at radius 3 is 2.66 bits per heavy atom. The van der Waals surface area contributed by atoms with Gasteiger partial charge in [-0.2, -0.15) is 0 Å². The zero-order valence-electron chi connectivity index (χ0n) is 21.3. The number of halogens is 2. The first kappa shape index (κ1) is 26.7. The van der Waals surface area contributed by atoms with Crippen LogP contribution in [0.5, 0.6) is 5.75 Å². The summed E-state index contributed by atoms with van der Waals surface area (Å²) in [7, 11) is 1.66. The van der Waals surface area contributed by atoms with Crippen molar-refractivity contribution in [3.8, 4) is 17.0 Å². The summed E-state index contributed by atoms with van der Waals surface area (Å²) < 4.78 is 35.1. The van der Waals surface area contributed by atoms with Crippen molar-refractivity contribution >= 4 is 17.6 Å². The molecular weight excluding hydrogens is 492 g/mol. The summed E-state index contributed by atoms with van der Waals surface area (Å²) in [6, 6.07) is 8.43. The van der Waals surface area contributed by atoms with Gasteiger partial charge < -0.3 is 20.7 Å². The largest absolute Gasteiger partial charge is 0.488 e. The van der Waals surface area contributed by atoms with Crippen LogP contribution in [0.25, 0.3) is 11.3 Å². The standard InChI is InChI=1S/C28H29F2N5O3/c1-4-23(36)35(3)12-7-13-38-25-24(32-16-33-26(25)31)20-14-18(29)15-21(17(20)2)28(10-11-28)34-27(37)19-8-5-6-9-22(19)30/h4-6,8-9,14-16H,1,7,10-13H2,2-3H3,(H,34,37)(H2,31,32,33). The maximum Gasteiger partial charge on any atom is 0.254 e. The van der Waals surface area contributed by atoms with Crippen molar-refractivity contribution in [2.75, 3.05) is 25.9 Å². The average molecular weight is 522 g/mol. The lowest BCUT2D eigenvalue weighted by Gasteiger charge is -2.23. The fraction of sp³-hybridized carbons (Fsp3) is 0.286. The van der Waals surface area contributed by atoms with E-state index in [2.05, 4.69) is 21.9 Å². The van der Waals surface area contributed by atoms with Crippen molar-refractivity contribution in [3.05, 3.63) is 83.7 Å². The normalized spacial score (nSPS) is 13.5. The summed E-state index contributed by atoms with van der Waals surface area (Å²) in [6.45, 7) is 5.91. The predicted octanol–water partition coefficient (Wildman–Crippen LogP) is 4.14. The molecule has 0 aliphatic heterocycles. The van der Waals surface area contributed by atoms with Crippen molar-refractivity contribution < 1.29 is 23.1 Å². The first-order valence-corrected chi connectivity index (χ1v) is 12.2. The molecule has 8 nitrogen and oxygen atoms in total. The molecule has 1 aliphatic carbocycles. The fourth-order valence-electron chi connectivity index (χ4n) is 4.40. The number of nitrogens with two attached hydrogens (primary N) is 1. The Kier molecular flexibility index (Phi) is 7.70. The van der Waals surface area contributed by atoms with Gasteiger partial charge in [0.15, 0.2) is 11.6 Å². The Morgan fingerprint density at radius 2 is 1.97 bits per heavy atom. The molecule has 2 aromatic carbocycles. The Labute approximate surface area is 219 Å². The van der Waals surface area contributed by atoms with E-state index in [0.29, 0.717) is 48.2 Å². The monoisotopic (exact) mass is 521 g/mol. The Morgan fingerprint density at radius 1 is 1.24 bits per heavy atom. The predicted molar refractivity (Wildman–Crippen MR) is 139 cm³/mol. The van der Waals surface area contributed by atoms with Crippen molar-refractivity contribution in [2.45, 2.75) is 31.7 Å². The molecule has 38 heavy (non-hydrogen) atoms. The second-order valence-electron chi connectivity index (χ2n) is 9.24. The van der Waals surface area contributed by atoms with Gasteiger partial charge in [0, 0.05) is 19.2 Å². The third kappa shape index (κ3) is 5.49. The van der Waals surface area contributed by atoms with E-state index in [1.54, 1.807) is 20.0 Å². The zero-order valence-corrected chi connectivity index (χ0v) is 21.3. The fourth-order valence-corrected chi connectivity index (χ4v) is 4.40. The number of nitrogens with one attached hydrogen (secondary N) is 1. The smallest absolute Gasteiger partial charge is 0.254 e. The Balaban J connectivity index is 1.61. The number of hydrogen-bond acceptors (Lipinski definition) is 6. The molecule has 1 aliphatic rings. The molecule has 1 saturated carbocycles. The summed E-state index contributed by atoms with van der Waals surface area (Å²) in [5, 5.41) is 2.91. The number of rotatable bonds is 10. The molecule has 2 amide bonds. The first-order chi connectivity index (χ1) is 18.2. The highest BCUT2D eigenvalue weighted by molar-refractivity contribution is 5.95. The van der Waals surface area contributed by atoms with E-state index in [-0.39, 0.29) is 29.6 Å². The van der Waals surface area contributed by atoms with E-state index in [1.165, 1.54) is 47.6 Å². The number of aromatic nitrogens is 2. The van der Waals surface area contributed by atoms with Crippen LogP contribution in [0.2, 0.25) is 0 Å². The maximum atomic E-state index is 15.0. The zero-order chi connectivity index (χ0) is 27.4. The lowest BCUT2D eigenvalue weighted by Crippen LogP contribution is -2.36. The van der Waals surface area contributed by atoms with Crippen molar-refractivity contribution in [1.82, 2.24) is 20.2 Å². The van der Waals surface area contributed by atoms with Crippen LogP contribution in [0.3, 0.4) is 0 Å². The summed E-state index contributed by atoms with van der Waals surface area (Å²) in [6.07, 6.45) is 4.15. The minimum atomic E-state index is -0.831. The summed E-state index contributed by atoms with van der Waals surface area (Å²) in [5.41, 5.74) is 7.19. The molecule has 0 spiro atoms. The average Bonchev–Trinajstić information content (AvgIpc) is 3.68. The number of anilines is 1. The molecule has 1 fully saturated rings. The minimum absolute atomic E-state index is 0.0762. The number of hydrogen-bond donors (Lipinski definition) is 2. The van der Waals surface area contributed by atoms with E-state index < -0.39 is 23.1 Å². The number of benzene rings is 2. The van der Waals surface area contributed by atoms with E-state index >= 15 is 0 Å². The maximum absolute atomic E-state index is 15.0. The molecule has 1 aromatic heterocycles. The van der Waals surface area contributed by atoms with Gasteiger partial charge in [-0.25, -0.2) is 18.7 Å². The molecule has 1 heterocycles. The van der Waals surface area contributed by atoms with Crippen LogP contribution in [0.15, 0.2) is 55.4 Å². The molecule has 3 N–H and O–H groups in total. The molecule has 198 valence electrons. The molecule has 4 rings (SSSR count). The number of carbonyl (C=O) groups excluding carboxylic acids is 2. The molecule has 3 aromatic rings. The number of nitrogen functional groups attached to an aromatic ring is 1. The summed E-state index contributed by atoms with van der Waals surface area (Å²) >= 11 is 0. The number of nitrogens with zero attached hydrogens (tertiary/aromatic N) is 3. The van der Waals surface area contributed by atoms with Crippen molar-refractivity contribution in [2.24, 2.45) is 0 Å². The van der Waals surface area contributed by atoms with E-state index in [4.69, 9.17) is 10.5 Å². The molecular formula is C28H29F2N5O3. The second-order valence-corrected chi connectivity index (χ2v) is 9.24. The minimum Gasteiger partial charge on any atom is -0.488 e. The molecule has 10 heteroatoms. The molecule has 0 atom stereocenters. The highest BCUT2D eigenvalue weighted by atomic mass is 19.1. The van der Waals surface area contributed by atoms with Gasteiger partial charge in [0.2, 0.25) is 5.91 Å². The molecule has 0 radical (unpaired) electrons. The summed E-state index contributed by atoms with van der Waals surface area (Å²) in [5.74, 6) is -1.64. The van der Waals surface area contributed by atoms with Crippen LogP contribution >= 0.6 is 0 Å². The summed E-state index contributed by atoms with van der Waals surface area (Å²) in [4.78, 5) is 34.4. The SMILES string of the molecule is C=CC(=O)N(C)CCCOc1c(N)ncnc1-c1cc(F)cc(C2(NC(=O)c3ccccc3F)CC2)c1C. The van der Waals surface area contributed by atoms with E-state index in [9.17, 15) is 18.4 Å². The van der Waals surface area contributed by atoms with Crippen LogP contribution in [0.1, 0.15) is 40.7 Å². The third-order valence-corrected chi connectivity index (χ3v) is 6.63. The second kappa shape index (κ2) is 11.0. The lowest BCUT2D eigenvalue weighted by atomic mass is 9.92. The highest BCUT2D eigenvalue weighted by Gasteiger charge is 2.47. The quantitative estimate of drug-likeness (QED) is 0.306. The van der Waals surface area contributed by atoms with Gasteiger partial charge in [-0.15, -0.1) is 0 Å². The topological polar surface area (TPSA) is 110 Å². The van der Waals surface area contributed by atoms with Crippen LogP contribution in [-0.4, -0.2) is 46.9 Å². The Hall–Kier alpha value is -4.34. The number of carbonyl (C=O) groups is 2. The molecule has 0 bridgehead atoms. The Bertz CT molecular complexity index is 1390. The van der Waals surface area contributed by atoms with E-state index in [1.807, 2.05) is 0 Å². The van der Waals surface area contributed by atoms with Crippen molar-refractivity contribution in [1.29, 1.82) is 0 Å². The number of amides is 2. The van der Waals surface area contributed by atoms with Crippen LogP contribution < -0.4 is 15.8 Å². The molecule has 0 unspecified atom stereocenters. The van der Waals surface area contributed by atoms with Gasteiger partial charge in [-0.05, 0) is 67.7 Å². The van der Waals surface area contributed by atoms with Gasteiger partial charge in [-0.3, -0.25) is 9.59 Å². The number of likely N-dealkylation sites (N-methyl/N-ethyl adjacent to an activating group) is 1. The lowest BCUT2D eigenvalue weighted by molar-refractivity contribution is -0.124. The van der Waals surface area contributed by atoms with E-state index in [0.717, 1.165) is 0 Å². The first-order valence-electron chi connectivity index (χ1n) is 12.2. The number of ether oxygens (including phenoxy) is 1. The van der Waals surface area contributed by atoms with Crippen LogP contribution in [0, 0.1) is 18.6 Å². The van der Waals surface area contributed by atoms with Crippen LogP contribution in [0.4, 0.5) is 14.6 Å². The van der Waals surface area contributed by atoms with Crippen LogP contribution in [-0.2, 0) is 10.3 Å². The van der Waals surface area contributed by atoms with Gasteiger partial charge in [-0.1, -0.05) is 18.7 Å². The molecule has 0 saturated heterocycles. The van der Waals surface area contributed by atoms with Gasteiger partial charge in [0.1, 0.15) is 23.7 Å². The van der Waals surface area contributed by atoms with Gasteiger partial charge in [0.25, 0.3) is 5.91 Å². The van der Waals surface area contributed by atoms with Gasteiger partial charge in [0.05, 0.1) is 17.7 Å².